The molecule has 0 aliphatic carbocycles. The highest BCUT2D eigenvalue weighted by atomic mass is 32.1. The van der Waals surface area contributed by atoms with Gasteiger partial charge < -0.3 is 15.1 Å². The van der Waals surface area contributed by atoms with Gasteiger partial charge in [0.05, 0.1) is 5.00 Å². The van der Waals surface area contributed by atoms with E-state index in [0.29, 0.717) is 5.69 Å². The van der Waals surface area contributed by atoms with E-state index in [2.05, 4.69) is 26.2 Å². The number of pyridine rings is 1. The molecule has 3 atom stereocenters. The van der Waals surface area contributed by atoms with E-state index in [9.17, 15) is 4.79 Å². The maximum absolute atomic E-state index is 12.7. The lowest BCUT2D eigenvalue weighted by atomic mass is 9.97. The topological polar surface area (TPSA) is 48.5 Å². The molecule has 6 heteroatoms. The molecule has 3 fully saturated rings. The predicted octanol–water partition coefficient (Wildman–Crippen LogP) is 3.11. The number of nitrogens with one attached hydrogen (secondary N) is 1. The Kier molecular flexibility index (Phi) is 4.33. The second kappa shape index (κ2) is 6.82. The summed E-state index contributed by atoms with van der Waals surface area (Å²) in [5.41, 5.74) is 0.553. The highest BCUT2D eigenvalue weighted by Crippen LogP contribution is 2.34. The van der Waals surface area contributed by atoms with Gasteiger partial charge in [-0.05, 0) is 56.7 Å². The average Bonchev–Trinajstić information content (AvgIpc) is 3.24. The first-order valence-electron chi connectivity index (χ1n) is 9.92. The van der Waals surface area contributed by atoms with Gasteiger partial charge in [0, 0.05) is 48.5 Å². The normalized spacial score (nSPS) is 28.5. The number of anilines is 1. The van der Waals surface area contributed by atoms with E-state index in [1.165, 1.54) is 43.8 Å². The molecule has 1 N–H and O–H groups in total. The summed E-state index contributed by atoms with van der Waals surface area (Å²) in [6.45, 7) is 5.68. The van der Waals surface area contributed by atoms with Crippen molar-refractivity contribution in [1.82, 2.24) is 15.2 Å². The molecule has 2 aromatic rings. The summed E-state index contributed by atoms with van der Waals surface area (Å²) in [5.74, 6) is 0.737. The predicted molar refractivity (Wildman–Crippen MR) is 106 cm³/mol. The molecule has 0 saturated carbocycles. The molecule has 0 radical (unpaired) electrons. The third-order valence-electron chi connectivity index (χ3n) is 6.09. The van der Waals surface area contributed by atoms with Crippen molar-refractivity contribution in [3.63, 3.8) is 0 Å². The minimum atomic E-state index is -0.0210. The molecule has 2 bridgehead atoms. The fraction of sp³-hybridized carbons (Fsp3) is 0.600. The van der Waals surface area contributed by atoms with Crippen LogP contribution in [0, 0.1) is 5.92 Å². The van der Waals surface area contributed by atoms with Crippen molar-refractivity contribution in [2.24, 2.45) is 5.92 Å². The molecule has 1 amide bonds. The molecule has 0 aromatic carbocycles. The maximum atomic E-state index is 12.7. The van der Waals surface area contributed by atoms with Crippen LogP contribution in [0.2, 0.25) is 0 Å². The van der Waals surface area contributed by atoms with Crippen molar-refractivity contribution in [3.05, 3.63) is 24.0 Å². The number of thiophene rings is 1. The zero-order valence-corrected chi connectivity index (χ0v) is 15.9. The number of rotatable bonds is 3. The van der Waals surface area contributed by atoms with E-state index in [-0.39, 0.29) is 11.9 Å². The highest BCUT2D eigenvalue weighted by Gasteiger charge is 2.33. The summed E-state index contributed by atoms with van der Waals surface area (Å²) in [5, 5.41) is 5.68. The monoisotopic (exact) mass is 370 g/mol. The maximum Gasteiger partial charge on any atom is 0.270 e. The van der Waals surface area contributed by atoms with E-state index < -0.39 is 0 Å². The molecular weight excluding hydrogens is 344 g/mol. The minimum absolute atomic E-state index is 0.0210. The van der Waals surface area contributed by atoms with Gasteiger partial charge in [0.2, 0.25) is 0 Å². The van der Waals surface area contributed by atoms with Crippen LogP contribution < -0.4 is 10.2 Å². The largest absolute Gasteiger partial charge is 0.363 e. The SMILES string of the molecule is O=C(N[C@@H]1C[C@@H]2CCN(C2)C1)c1cc2sc(N3CCCCC3)cc2cn1. The standard InChI is InChI=1S/C20H26N4OS/c25-20(22-16-8-14-4-7-23(12-14)13-16)17-10-18-15(11-21-17)9-19(26-18)24-5-2-1-3-6-24/h9-11,14,16H,1-8,12-13H2,(H,22,25)/t14-,16+/m0/s1. The molecule has 1 unspecified atom stereocenters. The van der Waals surface area contributed by atoms with Crippen molar-refractivity contribution in [2.45, 2.75) is 38.1 Å². The number of nitrogens with zero attached hydrogens (tertiary/aromatic N) is 3. The van der Waals surface area contributed by atoms with Gasteiger partial charge in [0.15, 0.2) is 0 Å². The zero-order valence-electron chi connectivity index (χ0n) is 15.1. The second-order valence-corrected chi connectivity index (χ2v) is 9.12. The van der Waals surface area contributed by atoms with Gasteiger partial charge in [0.25, 0.3) is 5.91 Å². The molecule has 5 heterocycles. The summed E-state index contributed by atoms with van der Waals surface area (Å²) < 4.78 is 1.16. The highest BCUT2D eigenvalue weighted by molar-refractivity contribution is 7.22. The van der Waals surface area contributed by atoms with Crippen LogP contribution in [0.15, 0.2) is 18.3 Å². The Labute approximate surface area is 158 Å². The third-order valence-corrected chi connectivity index (χ3v) is 7.25. The van der Waals surface area contributed by atoms with Crippen molar-refractivity contribution in [2.75, 3.05) is 37.6 Å². The van der Waals surface area contributed by atoms with E-state index in [1.54, 1.807) is 11.3 Å². The number of piperidine rings is 2. The van der Waals surface area contributed by atoms with Crippen LogP contribution in [-0.2, 0) is 0 Å². The van der Waals surface area contributed by atoms with Gasteiger partial charge in [-0.1, -0.05) is 0 Å². The molecule has 5 nitrogen and oxygen atoms in total. The summed E-state index contributed by atoms with van der Waals surface area (Å²) in [6, 6.07) is 4.47. The van der Waals surface area contributed by atoms with Gasteiger partial charge in [-0.25, -0.2) is 0 Å². The van der Waals surface area contributed by atoms with Gasteiger partial charge in [0.1, 0.15) is 5.69 Å². The van der Waals surface area contributed by atoms with Gasteiger partial charge >= 0.3 is 0 Å². The van der Waals surface area contributed by atoms with Gasteiger partial charge in [-0.3, -0.25) is 9.78 Å². The quantitative estimate of drug-likeness (QED) is 0.902. The molecular formula is C20H26N4OS. The van der Waals surface area contributed by atoms with Crippen molar-refractivity contribution in [1.29, 1.82) is 0 Å². The molecule has 0 spiro atoms. The Bertz CT molecular complexity index is 801. The Hall–Kier alpha value is -1.66. The molecule has 26 heavy (non-hydrogen) atoms. The third kappa shape index (κ3) is 3.21. The van der Waals surface area contributed by atoms with Crippen LogP contribution in [0.1, 0.15) is 42.6 Å². The summed E-state index contributed by atoms with van der Waals surface area (Å²) in [7, 11) is 0. The molecule has 138 valence electrons. The number of carbonyl (C=O) groups is 1. The van der Waals surface area contributed by atoms with Crippen molar-refractivity contribution >= 4 is 32.3 Å². The fourth-order valence-electron chi connectivity index (χ4n) is 4.74. The van der Waals surface area contributed by atoms with E-state index in [4.69, 9.17) is 0 Å². The van der Waals surface area contributed by atoms with Crippen LogP contribution in [-0.4, -0.2) is 54.6 Å². The lowest BCUT2D eigenvalue weighted by molar-refractivity contribution is 0.0904. The summed E-state index contributed by atoms with van der Waals surface area (Å²) in [4.78, 5) is 22.1. The van der Waals surface area contributed by atoms with Crippen LogP contribution in [0.4, 0.5) is 5.00 Å². The number of carbonyl (C=O) groups excluding carboxylic acids is 1. The van der Waals surface area contributed by atoms with Crippen molar-refractivity contribution < 1.29 is 4.79 Å². The second-order valence-electron chi connectivity index (χ2n) is 8.06. The van der Waals surface area contributed by atoms with E-state index in [0.717, 1.165) is 42.1 Å². The lowest BCUT2D eigenvalue weighted by Gasteiger charge is -2.30. The Morgan fingerprint density at radius 1 is 1.15 bits per heavy atom. The Morgan fingerprint density at radius 3 is 2.88 bits per heavy atom. The van der Waals surface area contributed by atoms with Crippen LogP contribution in [0.25, 0.3) is 10.1 Å². The minimum Gasteiger partial charge on any atom is -0.363 e. The molecule has 2 aromatic heterocycles. The summed E-state index contributed by atoms with van der Waals surface area (Å²) in [6.07, 6.45) is 8.15. The first kappa shape index (κ1) is 16.5. The average molecular weight is 371 g/mol. The van der Waals surface area contributed by atoms with Crippen LogP contribution >= 0.6 is 11.3 Å². The number of aromatic nitrogens is 1. The zero-order chi connectivity index (χ0) is 17.5. The van der Waals surface area contributed by atoms with E-state index in [1.807, 2.05) is 12.3 Å². The first-order chi connectivity index (χ1) is 12.7. The molecule has 5 rings (SSSR count). The Morgan fingerprint density at radius 2 is 2.04 bits per heavy atom. The molecule has 3 aliphatic heterocycles. The van der Waals surface area contributed by atoms with Crippen molar-refractivity contribution in [3.8, 4) is 0 Å². The summed E-state index contributed by atoms with van der Waals surface area (Å²) >= 11 is 1.79. The number of amides is 1. The van der Waals surface area contributed by atoms with Gasteiger partial charge in [-0.2, -0.15) is 0 Å². The van der Waals surface area contributed by atoms with Crippen LogP contribution in [0.5, 0.6) is 0 Å². The molecule has 3 saturated heterocycles. The van der Waals surface area contributed by atoms with E-state index >= 15 is 0 Å². The number of hydrogen-bond acceptors (Lipinski definition) is 5. The number of fused-ring (bicyclic) bond motifs is 3. The first-order valence-corrected chi connectivity index (χ1v) is 10.7. The smallest absolute Gasteiger partial charge is 0.270 e. The molecule has 3 aliphatic rings. The van der Waals surface area contributed by atoms with Crippen LogP contribution in [0.3, 0.4) is 0 Å². The van der Waals surface area contributed by atoms with Gasteiger partial charge in [-0.15, -0.1) is 11.3 Å². The Balaban J connectivity index is 1.31. The lowest BCUT2D eigenvalue weighted by Crippen LogP contribution is -2.47. The number of hydrogen-bond donors (Lipinski definition) is 1. The fourth-order valence-corrected chi connectivity index (χ4v) is 5.86.